The highest BCUT2D eigenvalue weighted by molar-refractivity contribution is 8.00. The molecule has 2 bridgehead atoms. The summed E-state index contributed by atoms with van der Waals surface area (Å²) in [5, 5.41) is 4.65. The highest BCUT2D eigenvalue weighted by atomic mass is 32.2. The van der Waals surface area contributed by atoms with Crippen molar-refractivity contribution < 1.29 is 4.79 Å². The van der Waals surface area contributed by atoms with Crippen molar-refractivity contribution in [3.05, 3.63) is 12.7 Å². The van der Waals surface area contributed by atoms with E-state index in [0.717, 1.165) is 17.0 Å². The third kappa shape index (κ3) is 2.32. The largest absolute Gasteiger partial charge is 0.352 e. The first kappa shape index (κ1) is 10.1. The lowest BCUT2D eigenvalue weighted by atomic mass is 9.99. The average molecular weight is 211 g/mol. The summed E-state index contributed by atoms with van der Waals surface area (Å²) >= 11 is 2.16. The topological polar surface area (TPSA) is 29.1 Å². The number of hydrogen-bond donors (Lipinski definition) is 1. The summed E-state index contributed by atoms with van der Waals surface area (Å²) in [6.45, 7) is 4.30. The molecule has 0 radical (unpaired) electrons. The van der Waals surface area contributed by atoms with Crippen molar-refractivity contribution in [3.63, 3.8) is 0 Å². The van der Waals surface area contributed by atoms with Gasteiger partial charge in [0.05, 0.1) is 0 Å². The van der Waals surface area contributed by atoms with E-state index >= 15 is 0 Å². The Morgan fingerprint density at radius 2 is 2.07 bits per heavy atom. The van der Waals surface area contributed by atoms with Crippen LogP contribution in [-0.4, -0.2) is 23.0 Å². The molecule has 2 saturated heterocycles. The first-order valence-electron chi connectivity index (χ1n) is 5.33. The predicted octanol–water partition coefficient (Wildman–Crippen LogP) is 1.96. The van der Waals surface area contributed by atoms with Crippen LogP contribution in [0.3, 0.4) is 0 Å². The molecule has 2 rings (SSSR count). The number of rotatable bonds is 3. The molecular weight excluding hydrogens is 194 g/mol. The Hall–Kier alpha value is -0.440. The van der Waals surface area contributed by atoms with Crippen LogP contribution in [0.4, 0.5) is 0 Å². The fourth-order valence-corrected chi connectivity index (χ4v) is 4.31. The molecule has 0 aromatic carbocycles. The van der Waals surface area contributed by atoms with Crippen molar-refractivity contribution in [2.45, 2.75) is 36.2 Å². The third-order valence-electron chi connectivity index (χ3n) is 3.14. The van der Waals surface area contributed by atoms with E-state index < -0.39 is 0 Å². The molecule has 3 heteroatoms. The molecule has 2 aliphatic rings. The number of thioether (sulfide) groups is 1. The van der Waals surface area contributed by atoms with Gasteiger partial charge in [0.1, 0.15) is 0 Å². The fraction of sp³-hybridized carbons (Fsp3) is 0.727. The average Bonchev–Trinajstić information content (AvgIpc) is 2.54. The van der Waals surface area contributed by atoms with Gasteiger partial charge < -0.3 is 5.32 Å². The Morgan fingerprint density at radius 3 is 2.64 bits per heavy atom. The zero-order valence-electron chi connectivity index (χ0n) is 8.37. The molecule has 78 valence electrons. The Bertz CT molecular complexity index is 229. The van der Waals surface area contributed by atoms with Gasteiger partial charge in [0, 0.05) is 17.0 Å². The Labute approximate surface area is 89.5 Å². The minimum Gasteiger partial charge on any atom is -0.352 e. The number of nitrogens with one attached hydrogen (secondary N) is 1. The first-order chi connectivity index (χ1) is 6.78. The molecule has 2 nitrogen and oxygen atoms in total. The van der Waals surface area contributed by atoms with Crippen molar-refractivity contribution in [2.75, 3.05) is 6.54 Å². The quantitative estimate of drug-likeness (QED) is 0.723. The van der Waals surface area contributed by atoms with Crippen molar-refractivity contribution in [2.24, 2.45) is 5.92 Å². The van der Waals surface area contributed by atoms with Gasteiger partial charge in [-0.1, -0.05) is 6.58 Å². The van der Waals surface area contributed by atoms with Crippen LogP contribution >= 0.6 is 11.8 Å². The molecule has 14 heavy (non-hydrogen) atoms. The zero-order chi connectivity index (χ0) is 9.97. The smallest absolute Gasteiger partial charge is 0.243 e. The van der Waals surface area contributed by atoms with E-state index in [4.69, 9.17) is 0 Å². The zero-order valence-corrected chi connectivity index (χ0v) is 9.19. The molecular formula is C11H17NOS. The van der Waals surface area contributed by atoms with Gasteiger partial charge in [-0.15, -0.1) is 0 Å². The van der Waals surface area contributed by atoms with Gasteiger partial charge in [-0.3, -0.25) is 4.79 Å². The number of fused-ring (bicyclic) bond motifs is 2. The predicted molar refractivity (Wildman–Crippen MR) is 60.3 cm³/mol. The second-order valence-electron chi connectivity index (χ2n) is 4.24. The van der Waals surface area contributed by atoms with E-state index in [1.54, 1.807) is 0 Å². The Morgan fingerprint density at radius 1 is 1.43 bits per heavy atom. The monoisotopic (exact) mass is 211 g/mol. The van der Waals surface area contributed by atoms with Gasteiger partial charge in [-0.2, -0.15) is 11.8 Å². The van der Waals surface area contributed by atoms with Gasteiger partial charge in [0.2, 0.25) is 5.91 Å². The summed E-state index contributed by atoms with van der Waals surface area (Å²) in [5.41, 5.74) is 0. The summed E-state index contributed by atoms with van der Waals surface area (Å²) in [6, 6.07) is 0. The highest BCUT2D eigenvalue weighted by Crippen LogP contribution is 2.45. The molecule has 0 aromatic rings. The molecule has 2 atom stereocenters. The van der Waals surface area contributed by atoms with Crippen LogP contribution in [-0.2, 0) is 4.79 Å². The van der Waals surface area contributed by atoms with E-state index in [1.165, 1.54) is 31.8 Å². The minimum atomic E-state index is -0.0319. The van der Waals surface area contributed by atoms with Crippen molar-refractivity contribution in [1.29, 1.82) is 0 Å². The standard InChI is InChI=1S/C11H17NOS/c1-2-11(13)12-7-8-5-9-3-4-10(6-8)14-9/h2,8-10H,1,3-7H2,(H,12,13). The van der Waals surface area contributed by atoms with Crippen LogP contribution in [0.25, 0.3) is 0 Å². The molecule has 2 heterocycles. The van der Waals surface area contributed by atoms with Crippen molar-refractivity contribution in [1.82, 2.24) is 5.32 Å². The summed E-state index contributed by atoms with van der Waals surface area (Å²) in [4.78, 5) is 11.0. The van der Waals surface area contributed by atoms with E-state index in [0.29, 0.717) is 5.92 Å². The minimum absolute atomic E-state index is 0.0319. The van der Waals surface area contributed by atoms with E-state index in [-0.39, 0.29) is 5.91 Å². The van der Waals surface area contributed by atoms with E-state index in [2.05, 4.69) is 23.7 Å². The van der Waals surface area contributed by atoms with Gasteiger partial charge >= 0.3 is 0 Å². The molecule has 0 spiro atoms. The van der Waals surface area contributed by atoms with Crippen LogP contribution in [0.1, 0.15) is 25.7 Å². The molecule has 2 aliphatic heterocycles. The van der Waals surface area contributed by atoms with Gasteiger partial charge in [0.15, 0.2) is 0 Å². The maximum atomic E-state index is 11.0. The normalized spacial score (nSPS) is 35.3. The Kier molecular flexibility index (Phi) is 3.16. The van der Waals surface area contributed by atoms with Gasteiger partial charge in [0.25, 0.3) is 0 Å². The van der Waals surface area contributed by atoms with Crippen LogP contribution in [0.15, 0.2) is 12.7 Å². The van der Waals surface area contributed by atoms with Crippen molar-refractivity contribution >= 4 is 17.7 Å². The highest BCUT2D eigenvalue weighted by Gasteiger charge is 2.34. The van der Waals surface area contributed by atoms with Crippen LogP contribution < -0.4 is 5.32 Å². The molecule has 1 amide bonds. The second-order valence-corrected chi connectivity index (χ2v) is 5.85. The summed E-state index contributed by atoms with van der Waals surface area (Å²) < 4.78 is 0. The van der Waals surface area contributed by atoms with Gasteiger partial charge in [-0.05, 0) is 37.7 Å². The van der Waals surface area contributed by atoms with Gasteiger partial charge in [-0.25, -0.2) is 0 Å². The molecule has 2 fully saturated rings. The molecule has 2 unspecified atom stereocenters. The van der Waals surface area contributed by atoms with Crippen LogP contribution in [0.2, 0.25) is 0 Å². The number of carbonyl (C=O) groups excluding carboxylic acids is 1. The van der Waals surface area contributed by atoms with E-state index in [9.17, 15) is 4.79 Å². The lowest BCUT2D eigenvalue weighted by Gasteiger charge is -2.27. The number of carbonyl (C=O) groups is 1. The molecule has 1 N–H and O–H groups in total. The Balaban J connectivity index is 1.76. The molecule has 0 saturated carbocycles. The lowest BCUT2D eigenvalue weighted by molar-refractivity contribution is -0.116. The maximum absolute atomic E-state index is 11.0. The van der Waals surface area contributed by atoms with Crippen molar-refractivity contribution in [3.8, 4) is 0 Å². The van der Waals surface area contributed by atoms with Crippen LogP contribution in [0.5, 0.6) is 0 Å². The first-order valence-corrected chi connectivity index (χ1v) is 6.28. The SMILES string of the molecule is C=CC(=O)NCC1CC2CCC(C1)S2. The lowest BCUT2D eigenvalue weighted by Crippen LogP contribution is -2.31. The van der Waals surface area contributed by atoms with E-state index in [1.807, 2.05) is 0 Å². The molecule has 0 aliphatic carbocycles. The summed E-state index contributed by atoms with van der Waals surface area (Å²) in [6.07, 6.45) is 6.71. The summed E-state index contributed by atoms with van der Waals surface area (Å²) in [5.74, 6) is 0.674. The fourth-order valence-electron chi connectivity index (χ4n) is 2.45. The maximum Gasteiger partial charge on any atom is 0.243 e. The van der Waals surface area contributed by atoms with Crippen LogP contribution in [0, 0.1) is 5.92 Å². The summed E-state index contributed by atoms with van der Waals surface area (Å²) in [7, 11) is 0. The third-order valence-corrected chi connectivity index (χ3v) is 4.76. The second kappa shape index (κ2) is 4.39. The number of hydrogen-bond acceptors (Lipinski definition) is 2. The molecule has 0 aromatic heterocycles. The number of amides is 1.